The van der Waals surface area contributed by atoms with Gasteiger partial charge in [0.2, 0.25) is 0 Å². The Labute approximate surface area is 113 Å². The Morgan fingerprint density at radius 1 is 0.778 bits per heavy atom. The molecule has 0 amide bonds. The minimum atomic E-state index is -0.685. The zero-order chi connectivity index (χ0) is 13.1. The average Bonchev–Trinajstić information content (AvgIpc) is 2.39. The lowest BCUT2D eigenvalue weighted by Crippen LogP contribution is -2.05. The monoisotopic (exact) mass is 260 g/mol. The van der Waals surface area contributed by atoms with E-state index < -0.39 is 11.5 Å². The number of aliphatic hydroxyl groups excluding tert-OH is 1. The molecule has 2 rings (SSSR count). The predicted molar refractivity (Wildman–Crippen MR) is 75.9 cm³/mol. The number of alkyl halides is 1. The van der Waals surface area contributed by atoms with Crippen LogP contribution in [0.15, 0.2) is 48.5 Å². The maximum absolute atomic E-state index is 10.3. The topological polar surface area (TPSA) is 20.2 Å². The van der Waals surface area contributed by atoms with Gasteiger partial charge in [-0.2, -0.15) is 0 Å². The first-order valence-corrected chi connectivity index (χ1v) is 6.47. The van der Waals surface area contributed by atoms with Crippen LogP contribution in [0.4, 0.5) is 0 Å². The van der Waals surface area contributed by atoms with Crippen molar-refractivity contribution in [3.05, 3.63) is 70.8 Å². The summed E-state index contributed by atoms with van der Waals surface area (Å²) in [4.78, 5) is 0. The first-order valence-electron chi connectivity index (χ1n) is 6.03. The molecule has 0 aromatic heterocycles. The predicted octanol–water partition coefficient (Wildman–Crippen LogP) is 4.32. The molecule has 0 saturated heterocycles. The summed E-state index contributed by atoms with van der Waals surface area (Å²) in [6.45, 7) is 4.05. The minimum absolute atomic E-state index is 0.423. The lowest BCUT2D eigenvalue weighted by Gasteiger charge is -2.18. The second-order valence-electron chi connectivity index (χ2n) is 4.67. The fourth-order valence-electron chi connectivity index (χ4n) is 1.87. The number of aliphatic hydroxyl groups is 1. The summed E-state index contributed by atoms with van der Waals surface area (Å²) in [6.07, 6.45) is -0.685. The molecule has 0 aliphatic rings. The fraction of sp³-hybridized carbons (Fsp3) is 0.250. The molecule has 0 heterocycles. The lowest BCUT2D eigenvalue weighted by molar-refractivity contribution is 0.172. The van der Waals surface area contributed by atoms with Crippen LogP contribution in [0.5, 0.6) is 0 Å². The second kappa shape index (κ2) is 5.55. The van der Waals surface area contributed by atoms with Crippen molar-refractivity contribution in [2.45, 2.75) is 25.3 Å². The third-order valence-electron chi connectivity index (χ3n) is 3.09. The number of benzene rings is 2. The van der Waals surface area contributed by atoms with E-state index in [1.165, 1.54) is 11.1 Å². The van der Waals surface area contributed by atoms with Gasteiger partial charge in [-0.1, -0.05) is 59.7 Å². The molecule has 0 spiro atoms. The summed E-state index contributed by atoms with van der Waals surface area (Å²) in [7, 11) is 0. The Morgan fingerprint density at radius 3 is 1.61 bits per heavy atom. The van der Waals surface area contributed by atoms with Crippen molar-refractivity contribution in [1.82, 2.24) is 0 Å². The highest BCUT2D eigenvalue weighted by molar-refractivity contribution is 6.21. The summed E-state index contributed by atoms with van der Waals surface area (Å²) >= 11 is 6.33. The summed E-state index contributed by atoms with van der Waals surface area (Å²) < 4.78 is 0. The maximum atomic E-state index is 10.3. The zero-order valence-corrected chi connectivity index (χ0v) is 11.4. The molecule has 18 heavy (non-hydrogen) atoms. The number of hydrogen-bond acceptors (Lipinski definition) is 1. The van der Waals surface area contributed by atoms with Crippen LogP contribution in [-0.2, 0) is 0 Å². The van der Waals surface area contributed by atoms with Crippen LogP contribution in [0.1, 0.15) is 33.7 Å². The molecule has 0 unspecified atom stereocenters. The first-order chi connectivity index (χ1) is 8.58. The van der Waals surface area contributed by atoms with Gasteiger partial charge in [-0.3, -0.25) is 0 Å². The van der Waals surface area contributed by atoms with Crippen molar-refractivity contribution in [2.24, 2.45) is 0 Å². The molecular formula is C16H17ClO. The van der Waals surface area contributed by atoms with Crippen LogP contribution in [0, 0.1) is 13.8 Å². The number of halogens is 1. The van der Waals surface area contributed by atoms with Gasteiger partial charge in [-0.25, -0.2) is 0 Å². The number of rotatable bonds is 3. The molecule has 0 bridgehead atoms. The summed E-state index contributed by atoms with van der Waals surface area (Å²) in [5.74, 6) is 0. The quantitative estimate of drug-likeness (QED) is 0.815. The van der Waals surface area contributed by atoms with E-state index in [1.807, 2.05) is 62.4 Å². The van der Waals surface area contributed by atoms with E-state index in [-0.39, 0.29) is 0 Å². The highest BCUT2D eigenvalue weighted by Gasteiger charge is 2.19. The molecule has 0 fully saturated rings. The van der Waals surface area contributed by atoms with Crippen LogP contribution in [-0.4, -0.2) is 5.11 Å². The number of aryl methyl sites for hydroxylation is 2. The van der Waals surface area contributed by atoms with Crippen LogP contribution in [0.3, 0.4) is 0 Å². The first kappa shape index (κ1) is 13.1. The molecule has 1 nitrogen and oxygen atoms in total. The van der Waals surface area contributed by atoms with Gasteiger partial charge in [0.05, 0.1) is 11.5 Å². The number of hydrogen-bond donors (Lipinski definition) is 1. The van der Waals surface area contributed by atoms with Gasteiger partial charge < -0.3 is 5.11 Å². The standard InChI is InChI=1S/C16H17ClO/c1-11-3-7-13(8-4-11)15(17)16(18)14-9-5-12(2)6-10-14/h3-10,15-16,18H,1-2H3/t15-,16-/m1/s1. The molecule has 2 atom stereocenters. The van der Waals surface area contributed by atoms with E-state index in [1.54, 1.807) is 0 Å². The van der Waals surface area contributed by atoms with E-state index in [0.29, 0.717) is 0 Å². The highest BCUT2D eigenvalue weighted by Crippen LogP contribution is 2.34. The molecule has 2 aromatic carbocycles. The third kappa shape index (κ3) is 2.92. The van der Waals surface area contributed by atoms with Gasteiger partial charge in [0.15, 0.2) is 0 Å². The van der Waals surface area contributed by atoms with Gasteiger partial charge in [-0.15, -0.1) is 11.6 Å². The van der Waals surface area contributed by atoms with Crippen molar-refractivity contribution in [3.63, 3.8) is 0 Å². The Hall–Kier alpha value is -1.31. The van der Waals surface area contributed by atoms with Crippen LogP contribution in [0.25, 0.3) is 0 Å². The van der Waals surface area contributed by atoms with Gasteiger partial charge in [0.1, 0.15) is 0 Å². The molecule has 0 aliphatic heterocycles. The SMILES string of the molecule is Cc1ccc([C@@H](O)[C@H](Cl)c2ccc(C)cc2)cc1. The zero-order valence-electron chi connectivity index (χ0n) is 10.6. The van der Waals surface area contributed by atoms with Crippen molar-refractivity contribution >= 4 is 11.6 Å². The molecule has 2 aromatic rings. The Balaban J connectivity index is 2.20. The average molecular weight is 261 g/mol. The second-order valence-corrected chi connectivity index (χ2v) is 5.14. The summed E-state index contributed by atoms with van der Waals surface area (Å²) in [5, 5.41) is 9.85. The third-order valence-corrected chi connectivity index (χ3v) is 3.58. The van der Waals surface area contributed by atoms with Crippen LogP contribution in [0.2, 0.25) is 0 Å². The highest BCUT2D eigenvalue weighted by atomic mass is 35.5. The van der Waals surface area contributed by atoms with E-state index in [0.717, 1.165) is 11.1 Å². The van der Waals surface area contributed by atoms with E-state index in [4.69, 9.17) is 11.6 Å². The van der Waals surface area contributed by atoms with Crippen molar-refractivity contribution < 1.29 is 5.11 Å². The maximum Gasteiger partial charge on any atom is 0.0994 e. The Morgan fingerprint density at radius 2 is 1.17 bits per heavy atom. The molecule has 0 aliphatic carbocycles. The van der Waals surface area contributed by atoms with E-state index in [2.05, 4.69) is 0 Å². The lowest BCUT2D eigenvalue weighted by atomic mass is 9.99. The van der Waals surface area contributed by atoms with Gasteiger partial charge >= 0.3 is 0 Å². The van der Waals surface area contributed by atoms with Crippen molar-refractivity contribution in [2.75, 3.05) is 0 Å². The minimum Gasteiger partial charge on any atom is -0.387 e. The van der Waals surface area contributed by atoms with Crippen molar-refractivity contribution in [1.29, 1.82) is 0 Å². The summed E-state index contributed by atoms with van der Waals surface area (Å²) in [5.41, 5.74) is 4.15. The van der Waals surface area contributed by atoms with E-state index >= 15 is 0 Å². The summed E-state index contributed by atoms with van der Waals surface area (Å²) in [6, 6.07) is 15.7. The molecule has 0 radical (unpaired) electrons. The molecule has 2 heteroatoms. The fourth-order valence-corrected chi connectivity index (χ4v) is 2.16. The van der Waals surface area contributed by atoms with Crippen LogP contribution >= 0.6 is 11.6 Å². The smallest absolute Gasteiger partial charge is 0.0994 e. The van der Waals surface area contributed by atoms with Gasteiger partial charge in [0.25, 0.3) is 0 Å². The van der Waals surface area contributed by atoms with Gasteiger partial charge in [0, 0.05) is 0 Å². The van der Waals surface area contributed by atoms with Gasteiger partial charge in [-0.05, 0) is 25.0 Å². The Bertz CT molecular complexity index is 452. The normalized spacial score (nSPS) is 14.2. The molecule has 0 saturated carbocycles. The molecular weight excluding hydrogens is 244 g/mol. The largest absolute Gasteiger partial charge is 0.387 e. The van der Waals surface area contributed by atoms with Crippen molar-refractivity contribution in [3.8, 4) is 0 Å². The van der Waals surface area contributed by atoms with E-state index in [9.17, 15) is 5.11 Å². The Kier molecular flexibility index (Phi) is 4.05. The molecule has 1 N–H and O–H groups in total. The molecule has 94 valence electrons. The van der Waals surface area contributed by atoms with Crippen LogP contribution < -0.4 is 0 Å².